The summed E-state index contributed by atoms with van der Waals surface area (Å²) in [5, 5.41) is 13.4. The first-order valence-electron chi connectivity index (χ1n) is 5.24. The third-order valence-corrected chi connectivity index (χ3v) is 3.12. The Hall–Kier alpha value is -1.11. The average molecular weight is 259 g/mol. The maximum Gasteiger partial charge on any atom is 0.261 e. The Morgan fingerprint density at radius 1 is 1.59 bits per heavy atom. The highest BCUT2D eigenvalue weighted by molar-refractivity contribution is 7.12. The monoisotopic (exact) mass is 259 g/mol. The van der Waals surface area contributed by atoms with Crippen molar-refractivity contribution in [3.05, 3.63) is 16.3 Å². The molecule has 1 heterocycles. The molecule has 1 aromatic heterocycles. The highest BCUT2D eigenvalue weighted by atomic mass is 32.1. The Labute approximate surface area is 104 Å². The maximum atomic E-state index is 11.8. The predicted molar refractivity (Wildman–Crippen MR) is 65.7 cm³/mol. The Kier molecular flexibility index (Phi) is 5.96. The second kappa shape index (κ2) is 7.26. The quantitative estimate of drug-likeness (QED) is 0.763. The molecule has 5 nitrogen and oxygen atoms in total. The van der Waals surface area contributed by atoms with Crippen LogP contribution in [-0.4, -0.2) is 44.5 Å². The number of rotatable bonds is 7. The summed E-state index contributed by atoms with van der Waals surface area (Å²) in [5.41, 5.74) is 0. The van der Waals surface area contributed by atoms with Crippen molar-refractivity contribution < 1.29 is 19.4 Å². The zero-order valence-corrected chi connectivity index (χ0v) is 10.8. The Morgan fingerprint density at radius 2 is 2.35 bits per heavy atom. The predicted octanol–water partition coefficient (Wildman–Crippen LogP) is 0.884. The summed E-state index contributed by atoms with van der Waals surface area (Å²) in [6.45, 7) is 0.400. The van der Waals surface area contributed by atoms with Gasteiger partial charge in [0.1, 0.15) is 5.75 Å². The van der Waals surface area contributed by atoms with E-state index in [1.165, 1.54) is 11.3 Å². The van der Waals surface area contributed by atoms with Gasteiger partial charge in [-0.2, -0.15) is 0 Å². The number of methoxy groups -OCH3 is 2. The molecule has 0 aromatic carbocycles. The number of carbonyl (C=O) groups is 1. The van der Waals surface area contributed by atoms with E-state index in [0.717, 1.165) is 0 Å². The van der Waals surface area contributed by atoms with Gasteiger partial charge in [-0.05, 0) is 6.42 Å². The molecule has 0 aliphatic heterocycles. The number of amides is 1. The van der Waals surface area contributed by atoms with E-state index in [2.05, 4.69) is 5.32 Å². The fraction of sp³-hybridized carbons (Fsp3) is 0.545. The molecule has 0 aliphatic carbocycles. The van der Waals surface area contributed by atoms with Crippen LogP contribution < -0.4 is 10.1 Å². The van der Waals surface area contributed by atoms with Gasteiger partial charge in [0.25, 0.3) is 5.91 Å². The van der Waals surface area contributed by atoms with Gasteiger partial charge < -0.3 is 19.9 Å². The van der Waals surface area contributed by atoms with E-state index in [1.807, 2.05) is 0 Å². The number of thiophene rings is 1. The minimum atomic E-state index is -0.175. The minimum absolute atomic E-state index is 0.0159. The smallest absolute Gasteiger partial charge is 0.261 e. The van der Waals surface area contributed by atoms with Gasteiger partial charge >= 0.3 is 0 Å². The normalized spacial score (nSPS) is 12.2. The summed E-state index contributed by atoms with van der Waals surface area (Å²) in [6, 6.07) is 1.51. The molecule has 2 N–H and O–H groups in total. The van der Waals surface area contributed by atoms with Crippen LogP contribution in [0.3, 0.4) is 0 Å². The lowest BCUT2D eigenvalue weighted by molar-refractivity contribution is 0.0882. The number of aliphatic hydroxyl groups excluding tert-OH is 1. The molecule has 0 aliphatic rings. The lowest BCUT2D eigenvalue weighted by Crippen LogP contribution is -2.38. The van der Waals surface area contributed by atoms with E-state index in [9.17, 15) is 4.79 Å². The molecule has 0 bridgehead atoms. The van der Waals surface area contributed by atoms with Crippen molar-refractivity contribution in [3.63, 3.8) is 0 Å². The zero-order valence-electron chi connectivity index (χ0n) is 9.93. The first-order valence-corrected chi connectivity index (χ1v) is 6.12. The standard InChI is InChI=1S/C11H17NO4S/c1-15-6-8(3-4-13)12-11(14)10-5-9(16-2)7-17-10/h5,7-8,13H,3-4,6H2,1-2H3,(H,12,14). The van der Waals surface area contributed by atoms with Crippen molar-refractivity contribution >= 4 is 17.2 Å². The van der Waals surface area contributed by atoms with Gasteiger partial charge in [-0.25, -0.2) is 0 Å². The average Bonchev–Trinajstić information content (AvgIpc) is 2.78. The fourth-order valence-corrected chi connectivity index (χ4v) is 2.11. The maximum absolute atomic E-state index is 11.8. The summed E-state index contributed by atoms with van der Waals surface area (Å²) < 4.78 is 9.98. The number of aliphatic hydroxyl groups is 1. The highest BCUT2D eigenvalue weighted by Crippen LogP contribution is 2.20. The van der Waals surface area contributed by atoms with Crippen LogP contribution >= 0.6 is 11.3 Å². The van der Waals surface area contributed by atoms with Crippen LogP contribution in [0.5, 0.6) is 5.75 Å². The Bertz CT molecular complexity index is 347. The van der Waals surface area contributed by atoms with Crippen molar-refractivity contribution in [2.24, 2.45) is 0 Å². The summed E-state index contributed by atoms with van der Waals surface area (Å²) in [5.74, 6) is 0.499. The largest absolute Gasteiger partial charge is 0.496 e. The molecule has 17 heavy (non-hydrogen) atoms. The van der Waals surface area contributed by atoms with E-state index in [-0.39, 0.29) is 18.6 Å². The number of hydrogen-bond acceptors (Lipinski definition) is 5. The fourth-order valence-electron chi connectivity index (χ4n) is 1.36. The molecule has 0 radical (unpaired) electrons. The van der Waals surface area contributed by atoms with Crippen molar-refractivity contribution in [2.75, 3.05) is 27.4 Å². The molecule has 0 saturated heterocycles. The molecule has 0 fully saturated rings. The second-order valence-corrected chi connectivity index (χ2v) is 4.40. The zero-order chi connectivity index (χ0) is 12.7. The first-order chi connectivity index (χ1) is 8.21. The van der Waals surface area contributed by atoms with E-state index >= 15 is 0 Å². The van der Waals surface area contributed by atoms with Gasteiger partial charge in [-0.1, -0.05) is 0 Å². The lowest BCUT2D eigenvalue weighted by Gasteiger charge is -2.15. The lowest BCUT2D eigenvalue weighted by atomic mass is 10.2. The molecule has 0 saturated carbocycles. The van der Waals surface area contributed by atoms with Crippen molar-refractivity contribution in [1.82, 2.24) is 5.32 Å². The summed E-state index contributed by atoms with van der Waals surface area (Å²) in [7, 11) is 3.12. The van der Waals surface area contributed by atoms with E-state index in [0.29, 0.717) is 23.7 Å². The molecule has 1 aromatic rings. The molecular formula is C11H17NO4S. The van der Waals surface area contributed by atoms with Crippen molar-refractivity contribution in [1.29, 1.82) is 0 Å². The molecule has 6 heteroatoms. The van der Waals surface area contributed by atoms with Crippen molar-refractivity contribution in [3.8, 4) is 5.75 Å². The van der Waals surface area contributed by atoms with Gasteiger partial charge in [0.15, 0.2) is 0 Å². The molecule has 96 valence electrons. The number of hydrogen-bond donors (Lipinski definition) is 2. The van der Waals surface area contributed by atoms with Crippen LogP contribution in [0.1, 0.15) is 16.1 Å². The Balaban J connectivity index is 2.56. The SMILES string of the molecule is COCC(CCO)NC(=O)c1cc(OC)cs1. The van der Waals surface area contributed by atoms with E-state index in [4.69, 9.17) is 14.6 Å². The summed E-state index contributed by atoms with van der Waals surface area (Å²) >= 11 is 1.32. The topological polar surface area (TPSA) is 67.8 Å². The van der Waals surface area contributed by atoms with Crippen LogP contribution in [0.25, 0.3) is 0 Å². The third-order valence-electron chi connectivity index (χ3n) is 2.22. The van der Waals surface area contributed by atoms with Gasteiger partial charge in [-0.15, -0.1) is 11.3 Å². The molecule has 1 atom stereocenters. The number of nitrogens with one attached hydrogen (secondary N) is 1. The number of ether oxygens (including phenoxy) is 2. The molecule has 1 rings (SSSR count). The van der Waals surface area contributed by atoms with E-state index in [1.54, 1.807) is 25.7 Å². The van der Waals surface area contributed by atoms with Crippen LogP contribution in [-0.2, 0) is 4.74 Å². The van der Waals surface area contributed by atoms with Crippen LogP contribution in [0, 0.1) is 0 Å². The van der Waals surface area contributed by atoms with Crippen LogP contribution in [0.2, 0.25) is 0 Å². The molecule has 1 unspecified atom stereocenters. The highest BCUT2D eigenvalue weighted by Gasteiger charge is 2.15. The van der Waals surface area contributed by atoms with E-state index < -0.39 is 0 Å². The van der Waals surface area contributed by atoms with Gasteiger partial charge in [-0.3, -0.25) is 4.79 Å². The van der Waals surface area contributed by atoms with Crippen molar-refractivity contribution in [2.45, 2.75) is 12.5 Å². The van der Waals surface area contributed by atoms with Crippen LogP contribution in [0.15, 0.2) is 11.4 Å². The minimum Gasteiger partial charge on any atom is -0.496 e. The first kappa shape index (κ1) is 14.0. The third kappa shape index (κ3) is 4.33. The van der Waals surface area contributed by atoms with Gasteiger partial charge in [0.2, 0.25) is 0 Å². The number of carbonyl (C=O) groups excluding carboxylic acids is 1. The summed E-state index contributed by atoms with van der Waals surface area (Å²) in [4.78, 5) is 12.4. The summed E-state index contributed by atoms with van der Waals surface area (Å²) in [6.07, 6.45) is 0.474. The van der Waals surface area contributed by atoms with Crippen LogP contribution in [0.4, 0.5) is 0 Å². The molecule has 1 amide bonds. The van der Waals surface area contributed by atoms with Gasteiger partial charge in [0, 0.05) is 25.2 Å². The van der Waals surface area contributed by atoms with Gasteiger partial charge in [0.05, 0.1) is 24.6 Å². The second-order valence-electron chi connectivity index (χ2n) is 3.49. The molecular weight excluding hydrogens is 242 g/mol. The molecule has 0 spiro atoms. The Morgan fingerprint density at radius 3 is 2.88 bits per heavy atom.